The molecule has 0 radical (unpaired) electrons. The van der Waals surface area contributed by atoms with Crippen molar-refractivity contribution >= 4 is 23.4 Å². The normalized spacial score (nSPS) is 20.3. The molecule has 0 saturated heterocycles. The fourth-order valence-electron chi connectivity index (χ4n) is 5.06. The van der Waals surface area contributed by atoms with E-state index >= 15 is 0 Å². The topological polar surface area (TPSA) is 102 Å². The number of hydrogen-bond acceptors (Lipinski definition) is 5. The van der Waals surface area contributed by atoms with E-state index in [9.17, 15) is 19.2 Å². The lowest BCUT2D eigenvalue weighted by atomic mass is 9.78. The second-order valence-electron chi connectivity index (χ2n) is 10.9. The van der Waals surface area contributed by atoms with Gasteiger partial charge in [0, 0.05) is 37.6 Å². The summed E-state index contributed by atoms with van der Waals surface area (Å²) in [6.07, 6.45) is 6.92. The van der Waals surface area contributed by atoms with Crippen LogP contribution >= 0.6 is 0 Å². The first kappa shape index (κ1) is 31.5. The van der Waals surface area contributed by atoms with Gasteiger partial charge >= 0.3 is 0 Å². The van der Waals surface area contributed by atoms with Gasteiger partial charge in [0.05, 0.1) is 12.6 Å². The molecule has 0 fully saturated rings. The van der Waals surface area contributed by atoms with E-state index in [0.29, 0.717) is 45.3 Å². The van der Waals surface area contributed by atoms with E-state index in [1.165, 1.54) is 0 Å². The minimum Gasteiger partial charge on any atom is -0.494 e. The van der Waals surface area contributed by atoms with Gasteiger partial charge in [-0.3, -0.25) is 19.2 Å². The van der Waals surface area contributed by atoms with Crippen molar-refractivity contribution in [2.24, 2.45) is 17.8 Å². The Morgan fingerprint density at radius 2 is 1.76 bits per heavy atom. The highest BCUT2D eigenvalue weighted by Gasteiger charge is 2.35. The van der Waals surface area contributed by atoms with Crippen LogP contribution in [0.5, 0.6) is 5.75 Å². The number of rotatable bonds is 13. The van der Waals surface area contributed by atoms with Gasteiger partial charge in [-0.15, -0.1) is 0 Å². The molecule has 3 atom stereocenters. The Morgan fingerprint density at radius 3 is 2.42 bits per heavy atom. The van der Waals surface area contributed by atoms with Crippen molar-refractivity contribution in [3.63, 3.8) is 0 Å². The predicted molar refractivity (Wildman–Crippen MR) is 150 cm³/mol. The SMILES string of the molecule is CCCCCCNC(=O)CCC(=O)[C@@H]1Cc2ccc(cc2)OCCC[C@H](C(=O)CC)[C@@H](CC(C)C)C(=O)N1. The number of nitrogens with one attached hydrogen (secondary N) is 2. The number of carbonyl (C=O) groups is 4. The molecule has 1 aromatic carbocycles. The van der Waals surface area contributed by atoms with Crippen LogP contribution in [0.15, 0.2) is 24.3 Å². The van der Waals surface area contributed by atoms with E-state index in [-0.39, 0.29) is 42.1 Å². The smallest absolute Gasteiger partial charge is 0.224 e. The summed E-state index contributed by atoms with van der Waals surface area (Å²) in [7, 11) is 0. The highest BCUT2D eigenvalue weighted by Crippen LogP contribution is 2.28. The fourth-order valence-corrected chi connectivity index (χ4v) is 5.06. The first-order valence-electron chi connectivity index (χ1n) is 14.6. The summed E-state index contributed by atoms with van der Waals surface area (Å²) in [6.45, 7) is 9.15. The average molecular weight is 529 g/mol. The van der Waals surface area contributed by atoms with E-state index in [2.05, 4.69) is 17.6 Å². The first-order chi connectivity index (χ1) is 18.2. The van der Waals surface area contributed by atoms with Crippen LogP contribution in [0.3, 0.4) is 0 Å². The number of ketones is 2. The van der Waals surface area contributed by atoms with Crippen LogP contribution in [-0.4, -0.2) is 42.6 Å². The zero-order valence-electron chi connectivity index (χ0n) is 23.9. The van der Waals surface area contributed by atoms with Crippen LogP contribution in [0.4, 0.5) is 0 Å². The second kappa shape index (κ2) is 17.0. The molecule has 2 bridgehead atoms. The van der Waals surface area contributed by atoms with Crippen molar-refractivity contribution in [1.29, 1.82) is 0 Å². The van der Waals surface area contributed by atoms with Crippen molar-refractivity contribution in [3.8, 4) is 5.75 Å². The molecular formula is C31H48N2O5. The number of fused-ring (bicyclic) bond motifs is 11. The zero-order chi connectivity index (χ0) is 27.9. The zero-order valence-corrected chi connectivity index (χ0v) is 23.9. The van der Waals surface area contributed by atoms with Gasteiger partial charge in [0.25, 0.3) is 0 Å². The largest absolute Gasteiger partial charge is 0.494 e. The number of hydrogen-bond donors (Lipinski definition) is 2. The van der Waals surface area contributed by atoms with Crippen molar-refractivity contribution in [1.82, 2.24) is 10.6 Å². The number of unbranched alkanes of at least 4 members (excludes halogenated alkanes) is 3. The monoisotopic (exact) mass is 528 g/mol. The summed E-state index contributed by atoms with van der Waals surface area (Å²) in [6, 6.07) is 6.79. The summed E-state index contributed by atoms with van der Waals surface area (Å²) in [5.74, 6) is -0.459. The molecule has 2 heterocycles. The molecule has 2 amide bonds. The molecular weight excluding hydrogens is 480 g/mol. The Hall–Kier alpha value is -2.70. The van der Waals surface area contributed by atoms with Crippen LogP contribution < -0.4 is 15.4 Å². The maximum atomic E-state index is 13.7. The lowest BCUT2D eigenvalue weighted by Crippen LogP contribution is -2.48. The molecule has 0 saturated carbocycles. The average Bonchev–Trinajstić information content (AvgIpc) is 2.90. The van der Waals surface area contributed by atoms with E-state index in [0.717, 1.165) is 37.0 Å². The van der Waals surface area contributed by atoms with Crippen molar-refractivity contribution in [2.75, 3.05) is 13.2 Å². The van der Waals surface area contributed by atoms with Gasteiger partial charge in [0.15, 0.2) is 5.78 Å². The molecule has 38 heavy (non-hydrogen) atoms. The summed E-state index contributed by atoms with van der Waals surface area (Å²) < 4.78 is 5.88. The molecule has 2 N–H and O–H groups in total. The van der Waals surface area contributed by atoms with E-state index in [1.807, 2.05) is 45.0 Å². The Bertz CT molecular complexity index is 896. The van der Waals surface area contributed by atoms with E-state index < -0.39 is 17.9 Å². The maximum absolute atomic E-state index is 13.7. The fraction of sp³-hybridized carbons (Fsp3) is 0.677. The third-order valence-corrected chi connectivity index (χ3v) is 7.26. The molecule has 0 spiro atoms. The highest BCUT2D eigenvalue weighted by atomic mass is 16.5. The third kappa shape index (κ3) is 11.0. The number of carbonyl (C=O) groups excluding carboxylic acids is 4. The molecule has 2 aliphatic rings. The van der Waals surface area contributed by atoms with Crippen LogP contribution in [0, 0.1) is 17.8 Å². The molecule has 2 aliphatic heterocycles. The number of Topliss-reactive ketones (excluding diaryl/α,β-unsaturated/α-hetero) is 2. The molecule has 0 aliphatic carbocycles. The molecule has 0 unspecified atom stereocenters. The molecule has 7 nitrogen and oxygen atoms in total. The first-order valence-corrected chi connectivity index (χ1v) is 14.6. The van der Waals surface area contributed by atoms with Crippen LogP contribution in [0.2, 0.25) is 0 Å². The predicted octanol–water partition coefficient (Wildman–Crippen LogP) is 5.19. The molecule has 1 aromatic rings. The molecule has 0 aromatic heterocycles. The van der Waals surface area contributed by atoms with Gasteiger partial charge in [-0.05, 0) is 55.7 Å². The van der Waals surface area contributed by atoms with Gasteiger partial charge < -0.3 is 15.4 Å². The Kier molecular flexibility index (Phi) is 14.1. The quantitative estimate of drug-likeness (QED) is 0.343. The van der Waals surface area contributed by atoms with Crippen LogP contribution in [0.1, 0.15) is 97.5 Å². The van der Waals surface area contributed by atoms with Gasteiger partial charge in [0.2, 0.25) is 11.8 Å². The lowest BCUT2D eigenvalue weighted by Gasteiger charge is -2.29. The van der Waals surface area contributed by atoms with Gasteiger partial charge in [0.1, 0.15) is 11.5 Å². The number of ether oxygens (including phenoxy) is 1. The second-order valence-corrected chi connectivity index (χ2v) is 10.9. The molecule has 7 heteroatoms. The summed E-state index contributed by atoms with van der Waals surface area (Å²) in [5.41, 5.74) is 0.898. The molecule has 212 valence electrons. The van der Waals surface area contributed by atoms with Gasteiger partial charge in [-0.1, -0.05) is 59.1 Å². The third-order valence-electron chi connectivity index (χ3n) is 7.26. The standard InChI is InChI=1S/C31H48N2O5/c1-5-7-8-9-18-32-30(36)17-16-29(35)27-21-23-12-14-24(15-13-23)38-19-10-11-25(28(34)6-2)26(20-22(3)4)31(37)33-27/h12-15,22,25-27H,5-11,16-21H2,1-4H3,(H,32,36)(H,33,37)/t25-,26+,27-/m0/s1. The Balaban J connectivity index is 2.20. The van der Waals surface area contributed by atoms with Crippen molar-refractivity contribution < 1.29 is 23.9 Å². The minimum atomic E-state index is -0.762. The maximum Gasteiger partial charge on any atom is 0.224 e. The van der Waals surface area contributed by atoms with E-state index in [4.69, 9.17) is 4.74 Å². The minimum absolute atomic E-state index is 0.0547. The number of benzene rings is 1. The highest BCUT2D eigenvalue weighted by molar-refractivity contribution is 5.94. The summed E-state index contributed by atoms with van der Waals surface area (Å²) in [5, 5.41) is 5.90. The Labute approximate surface area is 228 Å². The Morgan fingerprint density at radius 1 is 1.03 bits per heavy atom. The van der Waals surface area contributed by atoms with Crippen molar-refractivity contribution in [3.05, 3.63) is 29.8 Å². The summed E-state index contributed by atoms with van der Waals surface area (Å²) >= 11 is 0. The van der Waals surface area contributed by atoms with Crippen LogP contribution in [-0.2, 0) is 25.6 Å². The van der Waals surface area contributed by atoms with Gasteiger partial charge in [-0.2, -0.15) is 0 Å². The van der Waals surface area contributed by atoms with E-state index in [1.54, 1.807) is 0 Å². The van der Waals surface area contributed by atoms with Crippen LogP contribution in [0.25, 0.3) is 0 Å². The van der Waals surface area contributed by atoms with Crippen molar-refractivity contribution in [2.45, 2.75) is 104 Å². The lowest BCUT2D eigenvalue weighted by molar-refractivity contribution is -0.136. The number of amides is 2. The van der Waals surface area contributed by atoms with Gasteiger partial charge in [-0.25, -0.2) is 0 Å². The molecule has 3 rings (SSSR count). The summed E-state index contributed by atoms with van der Waals surface area (Å²) in [4.78, 5) is 52.3.